The summed E-state index contributed by atoms with van der Waals surface area (Å²) < 4.78 is 1.78. The van der Waals surface area contributed by atoms with Crippen LogP contribution in [0.5, 0.6) is 0 Å². The molecule has 4 rings (SSSR count). The lowest BCUT2D eigenvalue weighted by Gasteiger charge is -2.27. The number of benzene rings is 2. The number of carbonyl (C=O) groups excluding carboxylic acids is 1. The first-order chi connectivity index (χ1) is 14.6. The van der Waals surface area contributed by atoms with Gasteiger partial charge in [-0.25, -0.2) is 0 Å². The molecular weight excluding hydrogens is 400 g/mol. The van der Waals surface area contributed by atoms with E-state index in [4.69, 9.17) is 11.6 Å². The molecule has 0 atom stereocenters. The van der Waals surface area contributed by atoms with Crippen LogP contribution in [0, 0.1) is 0 Å². The average molecular weight is 425 g/mol. The van der Waals surface area contributed by atoms with Crippen molar-refractivity contribution < 1.29 is 9.90 Å². The number of aliphatic hydroxyl groups is 1. The summed E-state index contributed by atoms with van der Waals surface area (Å²) in [4.78, 5) is 15.2. The molecule has 0 radical (unpaired) electrons. The van der Waals surface area contributed by atoms with Gasteiger partial charge in [0.15, 0.2) is 5.69 Å². The number of hydrogen-bond donors (Lipinski definition) is 2. The highest BCUT2D eigenvalue weighted by Gasteiger charge is 2.28. The molecule has 1 aliphatic heterocycles. The summed E-state index contributed by atoms with van der Waals surface area (Å²) in [6.07, 6.45) is 0.787. The number of amides is 1. The Bertz CT molecular complexity index is 1020. The van der Waals surface area contributed by atoms with E-state index in [1.165, 1.54) is 0 Å². The summed E-state index contributed by atoms with van der Waals surface area (Å²) in [5.74, 6) is -0.184. The van der Waals surface area contributed by atoms with Gasteiger partial charge in [-0.1, -0.05) is 54.1 Å². The van der Waals surface area contributed by atoms with Gasteiger partial charge in [-0.3, -0.25) is 14.4 Å². The van der Waals surface area contributed by atoms with Crippen molar-refractivity contribution in [3.63, 3.8) is 0 Å². The lowest BCUT2D eigenvalue weighted by Crippen LogP contribution is -2.32. The molecule has 0 saturated carbocycles. The Morgan fingerprint density at radius 2 is 1.93 bits per heavy atom. The normalized spacial score (nSPS) is 13.8. The molecule has 0 bridgehead atoms. The Morgan fingerprint density at radius 1 is 1.13 bits per heavy atom. The van der Waals surface area contributed by atoms with E-state index in [1.54, 1.807) is 4.68 Å². The first-order valence-electron chi connectivity index (χ1n) is 10.1. The van der Waals surface area contributed by atoms with Gasteiger partial charge in [0.1, 0.15) is 0 Å². The quantitative estimate of drug-likeness (QED) is 0.611. The third kappa shape index (κ3) is 4.73. The van der Waals surface area contributed by atoms with Crippen LogP contribution in [-0.2, 0) is 32.6 Å². The van der Waals surface area contributed by atoms with Crippen molar-refractivity contribution in [2.75, 3.05) is 13.2 Å². The number of aliphatic hydroxyl groups excluding tert-OH is 1. The number of nitrogens with one attached hydrogen (secondary N) is 1. The number of nitrogens with zero attached hydrogens (tertiary/aromatic N) is 3. The Morgan fingerprint density at radius 3 is 2.70 bits per heavy atom. The topological polar surface area (TPSA) is 70.4 Å². The standard InChI is InChI=1S/C23H25ClN4O2/c24-19-8-4-7-18(13-19)15-27-10-9-21-20(16-27)22(26-28(21)11-12-29)23(30)25-14-17-5-2-1-3-6-17/h1-8,13,29H,9-12,14-16H2,(H,25,30). The molecule has 2 heterocycles. The number of carbonyl (C=O) groups is 1. The highest BCUT2D eigenvalue weighted by atomic mass is 35.5. The van der Waals surface area contributed by atoms with Crippen molar-refractivity contribution in [1.29, 1.82) is 0 Å². The van der Waals surface area contributed by atoms with Gasteiger partial charge in [0.05, 0.1) is 13.2 Å². The minimum Gasteiger partial charge on any atom is -0.394 e. The number of fused-ring (bicyclic) bond motifs is 1. The first-order valence-corrected chi connectivity index (χ1v) is 10.5. The van der Waals surface area contributed by atoms with Crippen molar-refractivity contribution in [2.24, 2.45) is 0 Å². The summed E-state index contributed by atoms with van der Waals surface area (Å²) in [6.45, 7) is 3.10. The third-order valence-electron chi connectivity index (χ3n) is 5.33. The fourth-order valence-corrected chi connectivity index (χ4v) is 4.11. The van der Waals surface area contributed by atoms with Crippen molar-refractivity contribution in [3.8, 4) is 0 Å². The number of rotatable bonds is 7. The minimum atomic E-state index is -0.184. The first kappa shape index (κ1) is 20.6. The van der Waals surface area contributed by atoms with Crippen LogP contribution in [0.4, 0.5) is 0 Å². The lowest BCUT2D eigenvalue weighted by atomic mass is 10.0. The molecule has 1 aromatic heterocycles. The number of hydrogen-bond acceptors (Lipinski definition) is 4. The van der Waals surface area contributed by atoms with Crippen LogP contribution in [0.3, 0.4) is 0 Å². The predicted molar refractivity (Wildman–Crippen MR) is 116 cm³/mol. The second kappa shape index (κ2) is 9.43. The number of aromatic nitrogens is 2. The van der Waals surface area contributed by atoms with Crippen LogP contribution in [0.1, 0.15) is 32.9 Å². The molecule has 3 aromatic rings. The van der Waals surface area contributed by atoms with E-state index in [-0.39, 0.29) is 12.5 Å². The zero-order valence-electron chi connectivity index (χ0n) is 16.7. The lowest BCUT2D eigenvalue weighted by molar-refractivity contribution is 0.0942. The van der Waals surface area contributed by atoms with Gasteiger partial charge >= 0.3 is 0 Å². The van der Waals surface area contributed by atoms with Gasteiger partial charge in [0, 0.05) is 48.9 Å². The van der Waals surface area contributed by atoms with Crippen LogP contribution in [0.2, 0.25) is 5.02 Å². The van der Waals surface area contributed by atoms with E-state index in [0.29, 0.717) is 25.3 Å². The molecule has 0 saturated heterocycles. The summed E-state index contributed by atoms with van der Waals surface area (Å²) in [5.41, 5.74) is 4.62. The Hall–Kier alpha value is -2.67. The Balaban J connectivity index is 1.52. The maximum Gasteiger partial charge on any atom is 0.272 e. The highest BCUT2D eigenvalue weighted by Crippen LogP contribution is 2.25. The second-order valence-corrected chi connectivity index (χ2v) is 7.92. The fraction of sp³-hybridized carbons (Fsp3) is 0.304. The van der Waals surface area contributed by atoms with Crippen LogP contribution < -0.4 is 5.32 Å². The fourth-order valence-electron chi connectivity index (χ4n) is 3.90. The maximum atomic E-state index is 12.9. The molecule has 2 N–H and O–H groups in total. The molecule has 0 unspecified atom stereocenters. The van der Waals surface area contributed by atoms with E-state index in [0.717, 1.165) is 46.9 Å². The molecule has 2 aromatic carbocycles. The Kier molecular flexibility index (Phi) is 6.47. The average Bonchev–Trinajstić information content (AvgIpc) is 3.11. The van der Waals surface area contributed by atoms with Gasteiger partial charge < -0.3 is 10.4 Å². The minimum absolute atomic E-state index is 0.00851. The molecular formula is C23H25ClN4O2. The summed E-state index contributed by atoms with van der Waals surface area (Å²) >= 11 is 6.13. The van der Waals surface area contributed by atoms with Gasteiger partial charge in [-0.05, 0) is 23.3 Å². The van der Waals surface area contributed by atoms with E-state index in [1.807, 2.05) is 48.5 Å². The van der Waals surface area contributed by atoms with Crippen molar-refractivity contribution in [3.05, 3.63) is 87.7 Å². The van der Waals surface area contributed by atoms with E-state index in [9.17, 15) is 9.90 Å². The molecule has 6 nitrogen and oxygen atoms in total. The summed E-state index contributed by atoms with van der Waals surface area (Å²) in [7, 11) is 0. The summed E-state index contributed by atoms with van der Waals surface area (Å²) in [5, 5.41) is 17.7. The molecule has 7 heteroatoms. The zero-order valence-corrected chi connectivity index (χ0v) is 17.5. The molecule has 0 fully saturated rings. The van der Waals surface area contributed by atoms with Crippen LogP contribution >= 0.6 is 11.6 Å². The van der Waals surface area contributed by atoms with Crippen molar-refractivity contribution in [1.82, 2.24) is 20.0 Å². The van der Waals surface area contributed by atoms with Crippen LogP contribution in [0.25, 0.3) is 0 Å². The molecule has 30 heavy (non-hydrogen) atoms. The van der Waals surface area contributed by atoms with Gasteiger partial charge in [-0.15, -0.1) is 0 Å². The van der Waals surface area contributed by atoms with Gasteiger partial charge in [0.2, 0.25) is 0 Å². The highest BCUT2D eigenvalue weighted by molar-refractivity contribution is 6.30. The van der Waals surface area contributed by atoms with E-state index >= 15 is 0 Å². The monoisotopic (exact) mass is 424 g/mol. The summed E-state index contributed by atoms with van der Waals surface area (Å²) in [6, 6.07) is 17.7. The van der Waals surface area contributed by atoms with E-state index in [2.05, 4.69) is 21.4 Å². The number of halogens is 1. The Labute approximate surface area is 181 Å². The molecule has 0 aliphatic carbocycles. The SMILES string of the molecule is O=C(NCc1ccccc1)c1nn(CCO)c2c1CN(Cc1cccc(Cl)c1)CC2. The third-order valence-corrected chi connectivity index (χ3v) is 5.57. The smallest absolute Gasteiger partial charge is 0.272 e. The zero-order chi connectivity index (χ0) is 20.9. The second-order valence-electron chi connectivity index (χ2n) is 7.48. The van der Waals surface area contributed by atoms with Crippen LogP contribution in [-0.4, -0.2) is 38.8 Å². The van der Waals surface area contributed by atoms with Crippen molar-refractivity contribution in [2.45, 2.75) is 32.6 Å². The van der Waals surface area contributed by atoms with Gasteiger partial charge in [0.25, 0.3) is 5.91 Å². The molecule has 0 spiro atoms. The predicted octanol–water partition coefficient (Wildman–Crippen LogP) is 3.02. The maximum absolute atomic E-state index is 12.9. The molecule has 1 amide bonds. The largest absolute Gasteiger partial charge is 0.394 e. The molecule has 1 aliphatic rings. The van der Waals surface area contributed by atoms with E-state index < -0.39 is 0 Å². The van der Waals surface area contributed by atoms with Crippen molar-refractivity contribution >= 4 is 17.5 Å². The van der Waals surface area contributed by atoms with Crippen LogP contribution in [0.15, 0.2) is 54.6 Å². The molecule has 156 valence electrons. The van der Waals surface area contributed by atoms with Gasteiger partial charge in [-0.2, -0.15) is 5.10 Å².